The number of allylic oxidation sites excluding steroid dienone is 1. The summed E-state index contributed by atoms with van der Waals surface area (Å²) in [7, 11) is 1.26. The maximum Gasteiger partial charge on any atom is 0.340 e. The summed E-state index contributed by atoms with van der Waals surface area (Å²) in [6, 6.07) is 11.5. The summed E-state index contributed by atoms with van der Waals surface area (Å²) in [4.78, 5) is 27.1. The molecule has 0 saturated heterocycles. The van der Waals surface area contributed by atoms with Gasteiger partial charge in [0.15, 0.2) is 11.5 Å². The Morgan fingerprint density at radius 3 is 2.66 bits per heavy atom. The zero-order valence-corrected chi connectivity index (χ0v) is 17.0. The topological polar surface area (TPSA) is 76.1 Å². The van der Waals surface area contributed by atoms with E-state index in [-0.39, 0.29) is 22.8 Å². The first kappa shape index (κ1) is 20.5. The molecular formula is C22H20ClNO5. The minimum atomic E-state index is -0.615. The predicted octanol–water partition coefficient (Wildman–Crippen LogP) is 4.32. The number of phenolic OH excluding ortho intramolecular Hbond substituents is 1. The lowest BCUT2D eigenvalue weighted by atomic mass is 10.0. The van der Waals surface area contributed by atoms with Gasteiger partial charge in [0.05, 0.1) is 30.6 Å². The minimum Gasteiger partial charge on any atom is -0.504 e. The number of ether oxygens (including phenoxy) is 2. The molecule has 150 valence electrons. The number of esters is 1. The van der Waals surface area contributed by atoms with Gasteiger partial charge in [-0.3, -0.25) is 9.69 Å². The minimum absolute atomic E-state index is 0.00721. The smallest absolute Gasteiger partial charge is 0.340 e. The van der Waals surface area contributed by atoms with E-state index in [0.717, 1.165) is 0 Å². The number of carbonyl (C=O) groups is 2. The SMILES string of the molecule is CCOc1cc(/C=C2\C(=O)N(c3cccc(Cl)c3)C(C)=C2C(=O)OC)ccc1O. The summed E-state index contributed by atoms with van der Waals surface area (Å²) in [6.07, 6.45) is 1.57. The Labute approximate surface area is 173 Å². The first-order chi connectivity index (χ1) is 13.9. The molecule has 1 heterocycles. The van der Waals surface area contributed by atoms with Crippen molar-refractivity contribution in [3.63, 3.8) is 0 Å². The summed E-state index contributed by atoms with van der Waals surface area (Å²) in [6.45, 7) is 3.85. The van der Waals surface area contributed by atoms with Crippen LogP contribution < -0.4 is 9.64 Å². The molecule has 0 saturated carbocycles. The van der Waals surface area contributed by atoms with Gasteiger partial charge < -0.3 is 14.6 Å². The molecule has 1 N–H and O–H groups in total. The van der Waals surface area contributed by atoms with Gasteiger partial charge in [-0.2, -0.15) is 0 Å². The third kappa shape index (κ3) is 3.98. The lowest BCUT2D eigenvalue weighted by Crippen LogP contribution is -2.24. The summed E-state index contributed by atoms with van der Waals surface area (Å²) in [5, 5.41) is 10.4. The fourth-order valence-electron chi connectivity index (χ4n) is 3.16. The van der Waals surface area contributed by atoms with Crippen LogP contribution in [0.15, 0.2) is 59.3 Å². The van der Waals surface area contributed by atoms with Gasteiger partial charge in [-0.15, -0.1) is 0 Å². The van der Waals surface area contributed by atoms with Crippen LogP contribution in [0.2, 0.25) is 5.02 Å². The van der Waals surface area contributed by atoms with Gasteiger partial charge in [-0.25, -0.2) is 4.79 Å². The van der Waals surface area contributed by atoms with E-state index < -0.39 is 5.97 Å². The van der Waals surface area contributed by atoms with Crippen LogP contribution in [0.3, 0.4) is 0 Å². The van der Waals surface area contributed by atoms with Crippen LogP contribution in [0.4, 0.5) is 5.69 Å². The molecule has 0 spiro atoms. The number of nitrogens with zero attached hydrogens (tertiary/aromatic N) is 1. The Morgan fingerprint density at radius 2 is 2.00 bits per heavy atom. The zero-order valence-electron chi connectivity index (χ0n) is 16.2. The highest BCUT2D eigenvalue weighted by Gasteiger charge is 2.38. The number of amides is 1. The second-order valence-corrected chi connectivity index (χ2v) is 6.73. The Bertz CT molecular complexity index is 1040. The van der Waals surface area contributed by atoms with E-state index in [4.69, 9.17) is 21.1 Å². The summed E-state index contributed by atoms with van der Waals surface area (Å²) < 4.78 is 10.3. The van der Waals surface area contributed by atoms with Crippen LogP contribution in [0.5, 0.6) is 11.5 Å². The number of aromatic hydroxyl groups is 1. The number of hydrogen-bond acceptors (Lipinski definition) is 5. The molecule has 3 rings (SSSR count). The summed E-state index contributed by atoms with van der Waals surface area (Å²) in [5.74, 6) is -0.710. The van der Waals surface area contributed by atoms with Crippen LogP contribution in [-0.2, 0) is 14.3 Å². The number of methoxy groups -OCH3 is 1. The van der Waals surface area contributed by atoms with Gasteiger partial charge in [0.2, 0.25) is 0 Å². The molecule has 0 bridgehead atoms. The number of rotatable bonds is 5. The van der Waals surface area contributed by atoms with Crippen LogP contribution in [0.25, 0.3) is 6.08 Å². The fraction of sp³-hybridized carbons (Fsp3) is 0.182. The molecule has 0 aliphatic carbocycles. The zero-order chi connectivity index (χ0) is 21.1. The van der Waals surface area contributed by atoms with Gasteiger partial charge in [0, 0.05) is 10.7 Å². The maximum absolute atomic E-state index is 13.2. The number of halogens is 1. The van der Waals surface area contributed by atoms with Gasteiger partial charge in [0.25, 0.3) is 5.91 Å². The number of hydrogen-bond donors (Lipinski definition) is 1. The highest BCUT2D eigenvalue weighted by molar-refractivity contribution is 6.31. The standard InChI is InChI=1S/C22H20ClNO5/c1-4-29-19-11-14(8-9-18(19)25)10-17-20(22(27)28-3)13(2)24(21(17)26)16-7-5-6-15(23)12-16/h5-12,25H,4H2,1-3H3/b17-10-. The van der Waals surface area contributed by atoms with Gasteiger partial charge in [0.1, 0.15) is 0 Å². The van der Waals surface area contributed by atoms with E-state index in [9.17, 15) is 14.7 Å². The molecule has 2 aromatic carbocycles. The molecule has 29 heavy (non-hydrogen) atoms. The third-order valence-electron chi connectivity index (χ3n) is 4.45. The Hall–Kier alpha value is -3.25. The average molecular weight is 414 g/mol. The van der Waals surface area contributed by atoms with Crippen molar-refractivity contribution in [1.29, 1.82) is 0 Å². The van der Waals surface area contributed by atoms with E-state index in [0.29, 0.717) is 34.3 Å². The fourth-order valence-corrected chi connectivity index (χ4v) is 3.35. The van der Waals surface area contributed by atoms with E-state index in [1.807, 2.05) is 0 Å². The van der Waals surface area contributed by atoms with E-state index >= 15 is 0 Å². The number of anilines is 1. The normalized spacial score (nSPS) is 15.2. The molecule has 0 atom stereocenters. The van der Waals surface area contributed by atoms with Crippen molar-refractivity contribution in [3.8, 4) is 11.5 Å². The molecule has 6 nitrogen and oxygen atoms in total. The molecule has 2 aromatic rings. The maximum atomic E-state index is 13.2. The lowest BCUT2D eigenvalue weighted by molar-refractivity contribution is -0.136. The number of benzene rings is 2. The van der Waals surface area contributed by atoms with Crippen LogP contribution in [0, 0.1) is 0 Å². The van der Waals surface area contributed by atoms with Crippen molar-refractivity contribution in [2.75, 3.05) is 18.6 Å². The van der Waals surface area contributed by atoms with Crippen molar-refractivity contribution < 1.29 is 24.2 Å². The summed E-state index contributed by atoms with van der Waals surface area (Å²) >= 11 is 6.08. The Morgan fingerprint density at radius 1 is 1.24 bits per heavy atom. The lowest BCUT2D eigenvalue weighted by Gasteiger charge is -2.18. The van der Waals surface area contributed by atoms with Gasteiger partial charge >= 0.3 is 5.97 Å². The van der Waals surface area contributed by atoms with E-state index in [1.54, 1.807) is 56.3 Å². The molecule has 0 unspecified atom stereocenters. The molecule has 0 fully saturated rings. The van der Waals surface area contributed by atoms with Crippen molar-refractivity contribution in [2.24, 2.45) is 0 Å². The molecule has 0 radical (unpaired) electrons. The molecule has 1 aliphatic heterocycles. The molecular weight excluding hydrogens is 394 g/mol. The first-order valence-electron chi connectivity index (χ1n) is 8.94. The van der Waals surface area contributed by atoms with Gasteiger partial charge in [-0.05, 0) is 55.8 Å². The second kappa shape index (κ2) is 8.41. The quantitative estimate of drug-likeness (QED) is 0.583. The van der Waals surface area contributed by atoms with Crippen molar-refractivity contribution in [2.45, 2.75) is 13.8 Å². The Kier molecular flexibility index (Phi) is 5.94. The number of phenols is 1. The third-order valence-corrected chi connectivity index (χ3v) is 4.69. The van der Waals surface area contributed by atoms with Crippen LogP contribution in [-0.4, -0.2) is 30.7 Å². The molecule has 0 aromatic heterocycles. The van der Waals surface area contributed by atoms with E-state index in [2.05, 4.69) is 0 Å². The average Bonchev–Trinajstić information content (AvgIpc) is 2.94. The largest absolute Gasteiger partial charge is 0.504 e. The molecule has 1 amide bonds. The van der Waals surface area contributed by atoms with Crippen LogP contribution >= 0.6 is 11.6 Å². The monoisotopic (exact) mass is 413 g/mol. The first-order valence-corrected chi connectivity index (χ1v) is 9.32. The van der Waals surface area contributed by atoms with Crippen molar-refractivity contribution in [1.82, 2.24) is 0 Å². The second-order valence-electron chi connectivity index (χ2n) is 6.29. The number of carbonyl (C=O) groups excluding carboxylic acids is 2. The highest BCUT2D eigenvalue weighted by Crippen LogP contribution is 2.37. The van der Waals surface area contributed by atoms with Crippen LogP contribution in [0.1, 0.15) is 19.4 Å². The van der Waals surface area contributed by atoms with Gasteiger partial charge in [-0.1, -0.05) is 23.7 Å². The predicted molar refractivity (Wildman–Crippen MR) is 111 cm³/mol. The van der Waals surface area contributed by atoms with Crippen molar-refractivity contribution in [3.05, 3.63) is 69.9 Å². The Balaban J connectivity index is 2.12. The van der Waals surface area contributed by atoms with E-state index in [1.165, 1.54) is 18.1 Å². The molecule has 7 heteroatoms. The molecule has 1 aliphatic rings. The highest BCUT2D eigenvalue weighted by atomic mass is 35.5. The van der Waals surface area contributed by atoms with Crippen molar-refractivity contribution >= 4 is 35.2 Å². The summed E-state index contributed by atoms with van der Waals surface area (Å²) in [5.41, 5.74) is 1.94.